The summed E-state index contributed by atoms with van der Waals surface area (Å²) in [5.41, 5.74) is 1.38. The van der Waals surface area contributed by atoms with Crippen molar-refractivity contribution in [3.05, 3.63) is 76.2 Å². The van der Waals surface area contributed by atoms with Crippen LogP contribution in [0.15, 0.2) is 54.7 Å². The fourth-order valence-electron chi connectivity index (χ4n) is 2.30. The Morgan fingerprint density at radius 1 is 1.00 bits per heavy atom. The zero-order valence-corrected chi connectivity index (χ0v) is 14.7. The van der Waals surface area contributed by atoms with Crippen LogP contribution in [0.3, 0.4) is 0 Å². The normalized spacial score (nSPS) is 10.5. The summed E-state index contributed by atoms with van der Waals surface area (Å²) in [7, 11) is 0. The SMILES string of the molecule is Fc1ccccc1CCNc1nccc(Nc2cc(Cl)cc(Cl)c2)n1. The first-order valence-electron chi connectivity index (χ1n) is 7.63. The summed E-state index contributed by atoms with van der Waals surface area (Å²) in [6.07, 6.45) is 2.17. The Morgan fingerprint density at radius 2 is 1.76 bits per heavy atom. The number of rotatable bonds is 6. The topological polar surface area (TPSA) is 49.8 Å². The lowest BCUT2D eigenvalue weighted by Gasteiger charge is -2.09. The number of hydrogen-bond acceptors (Lipinski definition) is 4. The van der Waals surface area contributed by atoms with Crippen molar-refractivity contribution in [2.24, 2.45) is 0 Å². The maximum Gasteiger partial charge on any atom is 0.224 e. The van der Waals surface area contributed by atoms with Gasteiger partial charge in [0.1, 0.15) is 11.6 Å². The lowest BCUT2D eigenvalue weighted by atomic mass is 10.1. The van der Waals surface area contributed by atoms with Gasteiger partial charge in [-0.05, 0) is 42.3 Å². The molecule has 0 radical (unpaired) electrons. The summed E-state index contributed by atoms with van der Waals surface area (Å²) in [6, 6.07) is 13.6. The van der Waals surface area contributed by atoms with Crippen molar-refractivity contribution < 1.29 is 4.39 Å². The molecule has 3 rings (SSSR count). The van der Waals surface area contributed by atoms with E-state index in [0.29, 0.717) is 40.3 Å². The van der Waals surface area contributed by atoms with Crippen LogP contribution in [-0.2, 0) is 6.42 Å². The summed E-state index contributed by atoms with van der Waals surface area (Å²) in [5.74, 6) is 0.842. The molecule has 128 valence electrons. The molecule has 0 bridgehead atoms. The Bertz CT molecular complexity index is 853. The lowest BCUT2D eigenvalue weighted by Crippen LogP contribution is -2.09. The highest BCUT2D eigenvalue weighted by molar-refractivity contribution is 6.35. The van der Waals surface area contributed by atoms with Gasteiger partial charge in [0, 0.05) is 28.5 Å². The second-order valence-corrected chi connectivity index (χ2v) is 6.19. The standard InChI is InChI=1S/C18H15Cl2FN4/c19-13-9-14(20)11-15(10-13)24-17-6-8-23-18(25-17)22-7-5-12-3-1-2-4-16(12)21/h1-4,6,8-11H,5,7H2,(H2,22,23,24,25). The zero-order chi connectivity index (χ0) is 17.6. The number of nitrogens with zero attached hydrogens (tertiary/aromatic N) is 2. The minimum absolute atomic E-state index is 0.210. The molecule has 0 unspecified atom stereocenters. The Labute approximate surface area is 155 Å². The van der Waals surface area contributed by atoms with Crippen LogP contribution in [0.2, 0.25) is 10.0 Å². The average molecular weight is 377 g/mol. The van der Waals surface area contributed by atoms with Crippen molar-refractivity contribution in [2.75, 3.05) is 17.2 Å². The molecule has 0 aliphatic heterocycles. The minimum Gasteiger partial charge on any atom is -0.354 e. The van der Waals surface area contributed by atoms with E-state index in [0.717, 1.165) is 5.69 Å². The van der Waals surface area contributed by atoms with Crippen LogP contribution < -0.4 is 10.6 Å². The monoisotopic (exact) mass is 376 g/mol. The fraction of sp³-hybridized carbons (Fsp3) is 0.111. The molecule has 2 N–H and O–H groups in total. The van der Waals surface area contributed by atoms with E-state index in [4.69, 9.17) is 23.2 Å². The third-order valence-electron chi connectivity index (χ3n) is 3.43. The van der Waals surface area contributed by atoms with Crippen LogP contribution in [0.1, 0.15) is 5.56 Å². The minimum atomic E-state index is -0.210. The molecule has 0 spiro atoms. The molecule has 3 aromatic rings. The summed E-state index contributed by atoms with van der Waals surface area (Å²) in [4.78, 5) is 8.53. The molecule has 0 aliphatic carbocycles. The highest BCUT2D eigenvalue weighted by atomic mass is 35.5. The molecule has 1 heterocycles. The maximum atomic E-state index is 13.6. The average Bonchev–Trinajstić information content (AvgIpc) is 2.56. The predicted octanol–water partition coefficient (Wildman–Crippen LogP) is 5.32. The fourth-order valence-corrected chi connectivity index (χ4v) is 2.82. The second-order valence-electron chi connectivity index (χ2n) is 5.32. The van der Waals surface area contributed by atoms with Gasteiger partial charge in [-0.2, -0.15) is 4.98 Å². The van der Waals surface area contributed by atoms with Crippen molar-refractivity contribution >= 4 is 40.7 Å². The quantitative estimate of drug-likeness (QED) is 0.610. The number of benzene rings is 2. The highest BCUT2D eigenvalue weighted by Gasteiger charge is 2.04. The van der Waals surface area contributed by atoms with Crippen LogP contribution in [0.5, 0.6) is 0 Å². The largest absolute Gasteiger partial charge is 0.354 e. The van der Waals surface area contributed by atoms with Crippen molar-refractivity contribution in [1.29, 1.82) is 0 Å². The molecule has 2 aromatic carbocycles. The molecule has 0 saturated carbocycles. The number of nitrogens with one attached hydrogen (secondary N) is 2. The third kappa shape index (κ3) is 5.05. The van der Waals surface area contributed by atoms with E-state index < -0.39 is 0 Å². The van der Waals surface area contributed by atoms with E-state index in [-0.39, 0.29) is 5.82 Å². The zero-order valence-electron chi connectivity index (χ0n) is 13.1. The Balaban J connectivity index is 1.62. The van der Waals surface area contributed by atoms with Crippen LogP contribution in [0.4, 0.5) is 21.8 Å². The first-order chi connectivity index (χ1) is 12.1. The summed E-state index contributed by atoms with van der Waals surface area (Å²) >= 11 is 12.0. The van der Waals surface area contributed by atoms with Gasteiger partial charge in [-0.15, -0.1) is 0 Å². The third-order valence-corrected chi connectivity index (χ3v) is 3.86. The predicted molar refractivity (Wildman–Crippen MR) is 100 cm³/mol. The lowest BCUT2D eigenvalue weighted by molar-refractivity contribution is 0.610. The Kier molecular flexibility index (Phi) is 5.68. The van der Waals surface area contributed by atoms with Gasteiger partial charge in [0.05, 0.1) is 0 Å². The van der Waals surface area contributed by atoms with E-state index in [2.05, 4.69) is 20.6 Å². The van der Waals surface area contributed by atoms with Gasteiger partial charge in [-0.25, -0.2) is 9.37 Å². The van der Waals surface area contributed by atoms with Crippen molar-refractivity contribution in [2.45, 2.75) is 6.42 Å². The van der Waals surface area contributed by atoms with E-state index >= 15 is 0 Å². The van der Waals surface area contributed by atoms with Crippen molar-refractivity contribution in [1.82, 2.24) is 9.97 Å². The molecular weight excluding hydrogens is 362 g/mol. The van der Waals surface area contributed by atoms with E-state index in [1.54, 1.807) is 42.6 Å². The molecule has 0 saturated heterocycles. The van der Waals surface area contributed by atoms with Crippen LogP contribution in [-0.4, -0.2) is 16.5 Å². The first kappa shape index (κ1) is 17.5. The summed E-state index contributed by atoms with van der Waals surface area (Å²) in [5, 5.41) is 7.28. The summed E-state index contributed by atoms with van der Waals surface area (Å²) < 4.78 is 13.6. The van der Waals surface area contributed by atoms with Gasteiger partial charge in [-0.3, -0.25) is 0 Å². The summed E-state index contributed by atoms with van der Waals surface area (Å²) in [6.45, 7) is 0.521. The molecule has 0 atom stereocenters. The van der Waals surface area contributed by atoms with E-state index in [1.807, 2.05) is 6.07 Å². The van der Waals surface area contributed by atoms with Crippen LogP contribution in [0.25, 0.3) is 0 Å². The molecule has 4 nitrogen and oxygen atoms in total. The van der Waals surface area contributed by atoms with Gasteiger partial charge in [-0.1, -0.05) is 41.4 Å². The molecule has 7 heteroatoms. The van der Waals surface area contributed by atoms with E-state index in [1.165, 1.54) is 6.07 Å². The molecule has 1 aromatic heterocycles. The van der Waals surface area contributed by atoms with Gasteiger partial charge in [0.25, 0.3) is 0 Å². The number of anilines is 3. The van der Waals surface area contributed by atoms with Gasteiger partial charge < -0.3 is 10.6 Å². The van der Waals surface area contributed by atoms with Crippen molar-refractivity contribution in [3.63, 3.8) is 0 Å². The number of halogens is 3. The molecule has 0 amide bonds. The second kappa shape index (κ2) is 8.14. The molecule has 0 fully saturated rings. The number of aromatic nitrogens is 2. The van der Waals surface area contributed by atoms with Crippen LogP contribution >= 0.6 is 23.2 Å². The molecule has 25 heavy (non-hydrogen) atoms. The smallest absolute Gasteiger partial charge is 0.224 e. The first-order valence-corrected chi connectivity index (χ1v) is 8.39. The van der Waals surface area contributed by atoms with Gasteiger partial charge in [0.15, 0.2) is 0 Å². The molecular formula is C18H15Cl2FN4. The van der Waals surface area contributed by atoms with Gasteiger partial charge in [0.2, 0.25) is 5.95 Å². The molecule has 0 aliphatic rings. The van der Waals surface area contributed by atoms with Gasteiger partial charge >= 0.3 is 0 Å². The number of hydrogen-bond donors (Lipinski definition) is 2. The Morgan fingerprint density at radius 3 is 2.52 bits per heavy atom. The van der Waals surface area contributed by atoms with E-state index in [9.17, 15) is 4.39 Å². The van der Waals surface area contributed by atoms with Crippen LogP contribution in [0, 0.1) is 5.82 Å². The maximum absolute atomic E-state index is 13.6. The Hall–Kier alpha value is -2.37. The highest BCUT2D eigenvalue weighted by Crippen LogP contribution is 2.24. The van der Waals surface area contributed by atoms with Crippen molar-refractivity contribution in [3.8, 4) is 0 Å².